The molecule has 2 aliphatic rings. The summed E-state index contributed by atoms with van der Waals surface area (Å²) in [6.07, 6.45) is 2.04. The van der Waals surface area contributed by atoms with Gasteiger partial charge in [-0.1, -0.05) is 0 Å². The number of rotatable bonds is 0. The molecule has 0 fully saturated rings. The number of thiophene rings is 1. The van der Waals surface area contributed by atoms with Gasteiger partial charge in [0.25, 0.3) is 0 Å². The van der Waals surface area contributed by atoms with E-state index >= 15 is 0 Å². The van der Waals surface area contributed by atoms with Gasteiger partial charge in [-0.2, -0.15) is 0 Å². The van der Waals surface area contributed by atoms with E-state index in [1.165, 1.54) is 26.4 Å². The molecule has 2 heterocycles. The first kappa shape index (κ1) is 12.2. The summed E-state index contributed by atoms with van der Waals surface area (Å²) in [6, 6.07) is 6.19. The van der Waals surface area contributed by atoms with Crippen LogP contribution in [0.1, 0.15) is 38.8 Å². The van der Waals surface area contributed by atoms with Crippen LogP contribution in [0.25, 0.3) is 0 Å². The van der Waals surface area contributed by atoms with Gasteiger partial charge in [0.2, 0.25) is 0 Å². The van der Waals surface area contributed by atoms with Crippen molar-refractivity contribution in [3.63, 3.8) is 0 Å². The summed E-state index contributed by atoms with van der Waals surface area (Å²) in [7, 11) is 0. The van der Waals surface area contributed by atoms with Crippen molar-refractivity contribution in [2.75, 3.05) is 0 Å². The second kappa shape index (κ2) is 4.24. The molecule has 1 aliphatic heterocycles. The van der Waals surface area contributed by atoms with E-state index in [1.807, 2.05) is 11.3 Å². The van der Waals surface area contributed by atoms with E-state index in [-0.39, 0.29) is 11.5 Å². The second-order valence-corrected chi connectivity index (χ2v) is 7.08. The lowest BCUT2D eigenvalue weighted by molar-refractivity contribution is 0.383. The second-order valence-electron chi connectivity index (χ2n) is 5.79. The zero-order valence-electron chi connectivity index (χ0n) is 11.3. The highest BCUT2D eigenvalue weighted by molar-refractivity contribution is 7.12. The molecule has 0 bridgehead atoms. The number of nitrogens with one attached hydrogen (secondary N) is 1. The molecule has 0 saturated heterocycles. The maximum Gasteiger partial charge on any atom is 0.157 e. The summed E-state index contributed by atoms with van der Waals surface area (Å²) in [5.74, 6) is 0.297. The third-order valence-electron chi connectivity index (χ3n) is 4.50. The van der Waals surface area contributed by atoms with E-state index in [9.17, 15) is 10.2 Å². The Bertz CT molecular complexity index is 692. The molecule has 4 heteroatoms. The van der Waals surface area contributed by atoms with Gasteiger partial charge >= 0.3 is 0 Å². The van der Waals surface area contributed by atoms with Crippen molar-refractivity contribution in [2.24, 2.45) is 0 Å². The highest BCUT2D eigenvalue weighted by Crippen LogP contribution is 2.46. The number of benzene rings is 1. The number of aryl methyl sites for hydroxylation is 2. The summed E-state index contributed by atoms with van der Waals surface area (Å²) in [4.78, 5) is 2.77. The number of hydrogen-bond acceptors (Lipinski definition) is 4. The van der Waals surface area contributed by atoms with Gasteiger partial charge in [-0.3, -0.25) is 0 Å². The van der Waals surface area contributed by atoms with Gasteiger partial charge in [0, 0.05) is 28.3 Å². The number of fused-ring (bicyclic) bond motifs is 5. The minimum absolute atomic E-state index is 0.00597. The molecule has 1 aliphatic carbocycles. The van der Waals surface area contributed by atoms with Gasteiger partial charge in [-0.15, -0.1) is 11.3 Å². The first-order valence-electron chi connectivity index (χ1n) is 7.01. The summed E-state index contributed by atoms with van der Waals surface area (Å²) >= 11 is 1.87. The highest BCUT2D eigenvalue weighted by atomic mass is 32.1. The lowest BCUT2D eigenvalue weighted by atomic mass is 9.75. The Balaban J connectivity index is 1.91. The third kappa shape index (κ3) is 1.68. The molecule has 3 nitrogen and oxygen atoms in total. The zero-order chi connectivity index (χ0) is 13.9. The Kier molecular flexibility index (Phi) is 2.59. The molecule has 2 aromatic rings. The van der Waals surface area contributed by atoms with E-state index in [4.69, 9.17) is 0 Å². The maximum absolute atomic E-state index is 9.85. The van der Waals surface area contributed by atoms with Crippen LogP contribution in [0.4, 0.5) is 0 Å². The van der Waals surface area contributed by atoms with Crippen molar-refractivity contribution in [1.82, 2.24) is 5.32 Å². The van der Waals surface area contributed by atoms with E-state index in [0.29, 0.717) is 12.0 Å². The normalized spacial score (nSPS) is 23.9. The number of hydrogen-bond donors (Lipinski definition) is 3. The van der Waals surface area contributed by atoms with Crippen LogP contribution in [0.2, 0.25) is 0 Å². The predicted molar refractivity (Wildman–Crippen MR) is 79.6 cm³/mol. The van der Waals surface area contributed by atoms with Crippen LogP contribution >= 0.6 is 11.3 Å². The molecule has 4 rings (SSSR count). The molecule has 0 spiro atoms. The van der Waals surface area contributed by atoms with Gasteiger partial charge in [-0.05, 0) is 54.7 Å². The van der Waals surface area contributed by atoms with E-state index in [1.54, 1.807) is 12.1 Å². The van der Waals surface area contributed by atoms with Crippen molar-refractivity contribution < 1.29 is 10.2 Å². The Labute approximate surface area is 121 Å². The minimum atomic E-state index is -0.00944. The molecule has 1 aromatic carbocycles. The van der Waals surface area contributed by atoms with Crippen LogP contribution in [0.3, 0.4) is 0 Å². The Hall–Kier alpha value is -1.52. The summed E-state index contributed by atoms with van der Waals surface area (Å²) in [5.41, 5.74) is 3.73. The van der Waals surface area contributed by atoms with Crippen molar-refractivity contribution in [2.45, 2.75) is 38.3 Å². The van der Waals surface area contributed by atoms with E-state index in [0.717, 1.165) is 19.4 Å². The summed E-state index contributed by atoms with van der Waals surface area (Å²) in [5, 5.41) is 23.2. The molecule has 104 valence electrons. The first-order chi connectivity index (χ1) is 9.63. The average Bonchev–Trinajstić information content (AvgIpc) is 2.80. The first-order valence-corrected chi connectivity index (χ1v) is 7.82. The number of phenolic OH excluding ortho intramolecular Hbond substituents is 2. The molecule has 20 heavy (non-hydrogen) atoms. The largest absolute Gasteiger partial charge is 0.504 e. The Morgan fingerprint density at radius 1 is 1.15 bits per heavy atom. The molecular formula is C16H17NO2S. The van der Waals surface area contributed by atoms with Crippen LogP contribution < -0.4 is 5.32 Å². The van der Waals surface area contributed by atoms with Crippen molar-refractivity contribution in [3.05, 3.63) is 44.6 Å². The molecule has 3 N–H and O–H groups in total. The van der Waals surface area contributed by atoms with Gasteiger partial charge in [0.1, 0.15) is 0 Å². The van der Waals surface area contributed by atoms with Crippen molar-refractivity contribution in [3.8, 4) is 11.5 Å². The predicted octanol–water partition coefficient (Wildman–Crippen LogP) is 3.02. The summed E-state index contributed by atoms with van der Waals surface area (Å²) < 4.78 is 0. The molecular weight excluding hydrogens is 270 g/mol. The van der Waals surface area contributed by atoms with Crippen LogP contribution in [0.15, 0.2) is 18.2 Å². The van der Waals surface area contributed by atoms with Crippen LogP contribution in [-0.4, -0.2) is 16.3 Å². The number of aromatic hydroxyl groups is 2. The molecule has 0 radical (unpaired) electrons. The molecule has 0 saturated carbocycles. The van der Waals surface area contributed by atoms with Crippen LogP contribution in [0.5, 0.6) is 11.5 Å². The molecule has 1 aromatic heterocycles. The molecule has 0 amide bonds. The Morgan fingerprint density at radius 2 is 1.95 bits per heavy atom. The SMILES string of the molecule is Cc1cc2c(s1)C1c3cc(O)c(O)cc3CCC1NC2. The van der Waals surface area contributed by atoms with Crippen LogP contribution in [-0.2, 0) is 13.0 Å². The molecule has 2 unspecified atom stereocenters. The highest BCUT2D eigenvalue weighted by Gasteiger charge is 2.36. The lowest BCUT2D eigenvalue weighted by Crippen LogP contribution is -2.41. The third-order valence-corrected chi connectivity index (χ3v) is 5.68. The van der Waals surface area contributed by atoms with Crippen LogP contribution in [0, 0.1) is 6.92 Å². The maximum atomic E-state index is 9.85. The fraction of sp³-hybridized carbons (Fsp3) is 0.375. The van der Waals surface area contributed by atoms with E-state index in [2.05, 4.69) is 18.3 Å². The van der Waals surface area contributed by atoms with Crippen molar-refractivity contribution in [1.29, 1.82) is 0 Å². The van der Waals surface area contributed by atoms with E-state index < -0.39 is 0 Å². The number of phenols is 2. The zero-order valence-corrected chi connectivity index (χ0v) is 12.1. The van der Waals surface area contributed by atoms with Crippen molar-refractivity contribution >= 4 is 11.3 Å². The topological polar surface area (TPSA) is 52.5 Å². The van der Waals surface area contributed by atoms with Gasteiger partial charge in [0.15, 0.2) is 11.5 Å². The monoisotopic (exact) mass is 287 g/mol. The smallest absolute Gasteiger partial charge is 0.157 e. The fourth-order valence-electron chi connectivity index (χ4n) is 3.61. The fourth-order valence-corrected chi connectivity index (χ4v) is 4.84. The van der Waals surface area contributed by atoms with Gasteiger partial charge < -0.3 is 15.5 Å². The average molecular weight is 287 g/mol. The van der Waals surface area contributed by atoms with Gasteiger partial charge in [0.05, 0.1) is 0 Å². The quantitative estimate of drug-likeness (QED) is 0.653. The summed E-state index contributed by atoms with van der Waals surface area (Å²) in [6.45, 7) is 3.09. The van der Waals surface area contributed by atoms with Gasteiger partial charge in [-0.25, -0.2) is 0 Å². The standard InChI is InChI=1S/C16H17NO2S/c1-8-4-10-7-17-12-3-2-9-5-13(18)14(19)6-11(9)15(12)16(10)20-8/h4-6,12,15,17-19H,2-3,7H2,1H3. The molecule has 2 atom stereocenters. The minimum Gasteiger partial charge on any atom is -0.504 e. The lowest BCUT2D eigenvalue weighted by Gasteiger charge is -2.38. The Morgan fingerprint density at radius 3 is 2.80 bits per heavy atom.